The van der Waals surface area contributed by atoms with E-state index >= 15 is 0 Å². The second kappa shape index (κ2) is 1.83. The van der Waals surface area contributed by atoms with Gasteiger partial charge in [0.25, 0.3) is 0 Å². The number of halogens is 2. The van der Waals surface area contributed by atoms with Gasteiger partial charge < -0.3 is 0 Å². The Morgan fingerprint density at radius 2 is 1.86 bits per heavy atom. The van der Waals surface area contributed by atoms with E-state index in [1.165, 1.54) is 0 Å². The zero-order valence-corrected chi connectivity index (χ0v) is 5.22. The van der Waals surface area contributed by atoms with Gasteiger partial charge in [0.15, 0.2) is 0 Å². The molecule has 0 radical (unpaired) electrons. The fraction of sp³-hybridized carbons (Fsp3) is 0.600. The Balaban J connectivity index is 3.79. The monoisotopic (exact) mass is 122 g/mol. The predicted molar refractivity (Wildman–Crippen MR) is 30.2 cm³/mol. The van der Waals surface area contributed by atoms with Gasteiger partial charge in [-0.25, -0.2) is 4.39 Å². The van der Waals surface area contributed by atoms with Crippen molar-refractivity contribution in [2.24, 2.45) is 0 Å². The second-order valence-electron chi connectivity index (χ2n) is 1.88. The van der Waals surface area contributed by atoms with Gasteiger partial charge in [0.2, 0.25) is 0 Å². The summed E-state index contributed by atoms with van der Waals surface area (Å²) in [5.41, 5.74) is 0. The zero-order valence-electron chi connectivity index (χ0n) is 4.46. The maximum atomic E-state index is 11.9. The van der Waals surface area contributed by atoms with Gasteiger partial charge in [-0.3, -0.25) is 0 Å². The minimum absolute atomic E-state index is 0.492. The van der Waals surface area contributed by atoms with Crippen molar-refractivity contribution < 1.29 is 4.39 Å². The Labute approximate surface area is 48.0 Å². The van der Waals surface area contributed by atoms with E-state index in [2.05, 4.69) is 6.58 Å². The molecule has 0 fully saturated rings. The van der Waals surface area contributed by atoms with E-state index < -0.39 is 10.7 Å². The van der Waals surface area contributed by atoms with Gasteiger partial charge in [-0.15, -0.1) is 11.6 Å². The molecular weight excluding hydrogens is 115 g/mol. The minimum Gasteiger partial charge on any atom is -0.211 e. The van der Waals surface area contributed by atoms with Gasteiger partial charge in [0.1, 0.15) is 5.83 Å². The predicted octanol–water partition coefficient (Wildman–Crippen LogP) is 2.49. The third-order valence-corrected chi connectivity index (χ3v) is 0.850. The molecule has 0 heterocycles. The molecule has 0 bridgehead atoms. The molecular formula is C5H8ClF. The van der Waals surface area contributed by atoms with E-state index in [0.717, 1.165) is 0 Å². The topological polar surface area (TPSA) is 0 Å². The van der Waals surface area contributed by atoms with Crippen molar-refractivity contribution in [3.8, 4) is 0 Å². The molecule has 0 aromatic rings. The van der Waals surface area contributed by atoms with E-state index in [-0.39, 0.29) is 0 Å². The van der Waals surface area contributed by atoms with Crippen LogP contribution in [0.1, 0.15) is 13.8 Å². The summed E-state index contributed by atoms with van der Waals surface area (Å²) in [5, 5.41) is 0. The van der Waals surface area contributed by atoms with Gasteiger partial charge in [-0.1, -0.05) is 6.58 Å². The van der Waals surface area contributed by atoms with Crippen molar-refractivity contribution in [2.75, 3.05) is 0 Å². The SMILES string of the molecule is C=C(F)C(C)(C)Cl. The Morgan fingerprint density at radius 3 is 1.86 bits per heavy atom. The van der Waals surface area contributed by atoms with Crippen molar-refractivity contribution in [3.63, 3.8) is 0 Å². The smallest absolute Gasteiger partial charge is 0.113 e. The standard InChI is InChI=1S/C5H8ClF/c1-4(7)5(2,3)6/h1H2,2-3H3. The number of hydrogen-bond acceptors (Lipinski definition) is 0. The van der Waals surface area contributed by atoms with Crippen LogP contribution < -0.4 is 0 Å². The minimum atomic E-state index is -0.889. The molecule has 0 nitrogen and oxygen atoms in total. The van der Waals surface area contributed by atoms with Crippen molar-refractivity contribution in [2.45, 2.75) is 18.7 Å². The van der Waals surface area contributed by atoms with Gasteiger partial charge in [-0.2, -0.15) is 0 Å². The third-order valence-electron chi connectivity index (χ3n) is 0.645. The van der Waals surface area contributed by atoms with Gasteiger partial charge in [0, 0.05) is 0 Å². The summed E-state index contributed by atoms with van der Waals surface area (Å²) < 4.78 is 11.9. The van der Waals surface area contributed by atoms with Crippen molar-refractivity contribution >= 4 is 11.6 Å². The molecule has 0 unspecified atom stereocenters. The Bertz CT molecular complexity index is 80.6. The average molecular weight is 123 g/mol. The summed E-state index contributed by atoms with van der Waals surface area (Å²) in [7, 11) is 0. The first-order valence-electron chi connectivity index (χ1n) is 1.98. The Hall–Kier alpha value is -0.0400. The fourth-order valence-corrected chi connectivity index (χ4v) is 0. The maximum Gasteiger partial charge on any atom is 0.113 e. The average Bonchev–Trinajstić information content (AvgIpc) is 1.31. The van der Waals surface area contributed by atoms with Crippen LogP contribution in [0.15, 0.2) is 12.4 Å². The highest BCUT2D eigenvalue weighted by Crippen LogP contribution is 2.22. The van der Waals surface area contributed by atoms with Crippen LogP contribution in [-0.4, -0.2) is 4.87 Å². The fourth-order valence-electron chi connectivity index (χ4n) is 0. The molecule has 0 aromatic heterocycles. The van der Waals surface area contributed by atoms with E-state index in [9.17, 15) is 4.39 Å². The quantitative estimate of drug-likeness (QED) is 0.469. The Kier molecular flexibility index (Phi) is 1.82. The highest BCUT2D eigenvalue weighted by molar-refractivity contribution is 6.25. The number of rotatable bonds is 1. The van der Waals surface area contributed by atoms with Crippen LogP contribution in [-0.2, 0) is 0 Å². The lowest BCUT2D eigenvalue weighted by Crippen LogP contribution is -2.08. The number of alkyl halides is 1. The molecule has 0 aliphatic carbocycles. The Morgan fingerprint density at radius 1 is 1.71 bits per heavy atom. The first-order valence-corrected chi connectivity index (χ1v) is 2.36. The van der Waals surface area contributed by atoms with E-state index in [0.29, 0.717) is 0 Å². The second-order valence-corrected chi connectivity index (χ2v) is 2.82. The summed E-state index contributed by atoms with van der Waals surface area (Å²) in [4.78, 5) is -0.889. The van der Waals surface area contributed by atoms with Crippen LogP contribution in [0.2, 0.25) is 0 Å². The molecule has 7 heavy (non-hydrogen) atoms. The number of allylic oxidation sites excluding steroid dienone is 1. The molecule has 42 valence electrons. The van der Waals surface area contributed by atoms with Gasteiger partial charge in [-0.05, 0) is 13.8 Å². The van der Waals surface area contributed by atoms with Crippen LogP contribution in [0.25, 0.3) is 0 Å². The lowest BCUT2D eigenvalue weighted by molar-refractivity contribution is 0.545. The molecule has 2 heteroatoms. The lowest BCUT2D eigenvalue weighted by atomic mass is 10.2. The molecule has 0 atom stereocenters. The van der Waals surface area contributed by atoms with Crippen molar-refractivity contribution in [1.29, 1.82) is 0 Å². The summed E-state index contributed by atoms with van der Waals surface area (Å²) in [5.74, 6) is -0.492. The lowest BCUT2D eigenvalue weighted by Gasteiger charge is -2.09. The van der Waals surface area contributed by atoms with Gasteiger partial charge in [0.05, 0.1) is 4.87 Å². The van der Waals surface area contributed by atoms with Crippen LogP contribution in [0.5, 0.6) is 0 Å². The molecule has 0 saturated carbocycles. The van der Waals surface area contributed by atoms with Crippen molar-refractivity contribution in [1.82, 2.24) is 0 Å². The number of hydrogen-bond donors (Lipinski definition) is 0. The van der Waals surface area contributed by atoms with Crippen LogP contribution in [0.4, 0.5) is 4.39 Å². The van der Waals surface area contributed by atoms with E-state index in [1.54, 1.807) is 13.8 Å². The highest BCUT2D eigenvalue weighted by atomic mass is 35.5. The summed E-state index contributed by atoms with van der Waals surface area (Å²) in [6.45, 7) is 6.13. The van der Waals surface area contributed by atoms with Crippen molar-refractivity contribution in [3.05, 3.63) is 12.4 Å². The molecule has 0 aliphatic rings. The molecule has 0 rings (SSSR count). The van der Waals surface area contributed by atoms with Gasteiger partial charge >= 0.3 is 0 Å². The van der Waals surface area contributed by atoms with Crippen LogP contribution >= 0.6 is 11.6 Å². The normalized spacial score (nSPS) is 11.4. The summed E-state index contributed by atoms with van der Waals surface area (Å²) in [6, 6.07) is 0. The highest BCUT2D eigenvalue weighted by Gasteiger charge is 2.16. The first-order chi connectivity index (χ1) is 2.94. The molecule has 0 amide bonds. The molecule has 0 aromatic carbocycles. The largest absolute Gasteiger partial charge is 0.211 e. The zero-order chi connectivity index (χ0) is 6.08. The molecule has 0 aliphatic heterocycles. The van der Waals surface area contributed by atoms with Crippen LogP contribution in [0, 0.1) is 0 Å². The van der Waals surface area contributed by atoms with E-state index in [1.807, 2.05) is 0 Å². The van der Waals surface area contributed by atoms with E-state index in [4.69, 9.17) is 11.6 Å². The first kappa shape index (κ1) is 6.96. The molecule has 0 N–H and O–H groups in total. The third kappa shape index (κ3) is 2.63. The van der Waals surface area contributed by atoms with Crippen LogP contribution in [0.3, 0.4) is 0 Å². The molecule has 0 saturated heterocycles. The summed E-state index contributed by atoms with van der Waals surface area (Å²) in [6.07, 6.45) is 0. The summed E-state index contributed by atoms with van der Waals surface area (Å²) >= 11 is 5.39. The maximum absolute atomic E-state index is 11.9. The molecule has 0 spiro atoms.